The Morgan fingerprint density at radius 3 is 2.54 bits per heavy atom. The van der Waals surface area contributed by atoms with Crippen molar-refractivity contribution in [3.8, 4) is 29.1 Å². The van der Waals surface area contributed by atoms with Gasteiger partial charge in [-0.2, -0.15) is 5.26 Å². The smallest absolute Gasteiger partial charge is 0.231 e. The second-order valence-electron chi connectivity index (χ2n) is 5.68. The van der Waals surface area contributed by atoms with E-state index in [4.69, 9.17) is 47.9 Å². The fourth-order valence-electron chi connectivity index (χ4n) is 3.18. The Morgan fingerprint density at radius 2 is 1.85 bits per heavy atom. The molecule has 2 aromatic carbocycles. The van der Waals surface area contributed by atoms with Gasteiger partial charge in [0.25, 0.3) is 0 Å². The van der Waals surface area contributed by atoms with Gasteiger partial charge >= 0.3 is 0 Å². The van der Waals surface area contributed by atoms with Crippen LogP contribution in [0.1, 0.15) is 17.0 Å². The summed E-state index contributed by atoms with van der Waals surface area (Å²) in [7, 11) is 1.50. The lowest BCUT2D eigenvalue weighted by molar-refractivity contribution is 0.174. The van der Waals surface area contributed by atoms with Crippen molar-refractivity contribution in [1.82, 2.24) is 0 Å². The largest absolute Gasteiger partial charge is 0.495 e. The van der Waals surface area contributed by atoms with Gasteiger partial charge in [-0.3, -0.25) is 0 Å². The van der Waals surface area contributed by atoms with E-state index in [9.17, 15) is 5.26 Å². The molecule has 0 aromatic heterocycles. The summed E-state index contributed by atoms with van der Waals surface area (Å²) in [6, 6.07) is 8.84. The predicted octanol–water partition coefficient (Wildman–Crippen LogP) is 3.95. The summed E-state index contributed by atoms with van der Waals surface area (Å²) in [4.78, 5) is 0. The van der Waals surface area contributed by atoms with E-state index in [0.717, 1.165) is 0 Å². The van der Waals surface area contributed by atoms with Crippen LogP contribution in [-0.4, -0.2) is 13.9 Å². The van der Waals surface area contributed by atoms with E-state index in [-0.39, 0.29) is 18.2 Å². The van der Waals surface area contributed by atoms with Crippen molar-refractivity contribution in [2.75, 3.05) is 13.9 Å². The minimum absolute atomic E-state index is 0.00187. The summed E-state index contributed by atoms with van der Waals surface area (Å²) in [6.45, 7) is 0.114. The highest BCUT2D eigenvalue weighted by molar-refractivity contribution is 6.35. The van der Waals surface area contributed by atoms with Gasteiger partial charge in [-0.05, 0) is 18.2 Å². The van der Waals surface area contributed by atoms with Gasteiger partial charge in [0.15, 0.2) is 11.5 Å². The van der Waals surface area contributed by atoms with Crippen molar-refractivity contribution in [3.05, 3.63) is 56.9 Å². The standard InChI is InChI=1S/C18H12Cl2N2O4/c1-23-17-10(2-8(19)3-12(17)20)16-9-4-14-15(25-7-24-14)5-13(9)26-18(22)11(16)6-21/h2-5,16H,7,22H2,1H3/t16-/m0/s1. The number of allylic oxidation sites excluding steroid dienone is 1. The molecule has 0 fully saturated rings. The van der Waals surface area contributed by atoms with E-state index in [1.54, 1.807) is 24.3 Å². The van der Waals surface area contributed by atoms with Crippen molar-refractivity contribution in [2.45, 2.75) is 5.92 Å². The lowest BCUT2D eigenvalue weighted by Crippen LogP contribution is -2.21. The van der Waals surface area contributed by atoms with Gasteiger partial charge in [0.2, 0.25) is 12.7 Å². The number of fused-ring (bicyclic) bond motifs is 2. The first kappa shape index (κ1) is 16.7. The highest BCUT2D eigenvalue weighted by atomic mass is 35.5. The van der Waals surface area contributed by atoms with Crippen molar-refractivity contribution < 1.29 is 18.9 Å². The second kappa shape index (κ2) is 6.20. The fraction of sp³-hybridized carbons (Fsp3) is 0.167. The number of halogens is 2. The predicted molar refractivity (Wildman–Crippen MR) is 94.9 cm³/mol. The van der Waals surface area contributed by atoms with E-state index in [2.05, 4.69) is 6.07 Å². The Bertz CT molecular complexity index is 998. The van der Waals surface area contributed by atoms with Gasteiger partial charge in [0.1, 0.15) is 23.1 Å². The molecule has 6 nitrogen and oxygen atoms in total. The molecule has 2 N–H and O–H groups in total. The number of benzene rings is 2. The van der Waals surface area contributed by atoms with Crippen LogP contribution in [0.5, 0.6) is 23.0 Å². The molecule has 0 spiro atoms. The third-order valence-electron chi connectivity index (χ3n) is 4.26. The van der Waals surface area contributed by atoms with Crippen molar-refractivity contribution in [1.29, 1.82) is 5.26 Å². The molecule has 4 rings (SSSR count). The van der Waals surface area contributed by atoms with Crippen LogP contribution in [0, 0.1) is 11.3 Å². The summed E-state index contributed by atoms with van der Waals surface area (Å²) < 4.78 is 21.9. The minimum atomic E-state index is -0.579. The van der Waals surface area contributed by atoms with E-state index >= 15 is 0 Å². The van der Waals surface area contributed by atoms with Crippen molar-refractivity contribution in [3.63, 3.8) is 0 Å². The Hall–Kier alpha value is -2.75. The number of hydrogen-bond acceptors (Lipinski definition) is 6. The summed E-state index contributed by atoms with van der Waals surface area (Å²) in [5.74, 6) is 1.40. The molecule has 26 heavy (non-hydrogen) atoms. The molecule has 0 amide bonds. The maximum atomic E-state index is 9.68. The first-order valence-electron chi connectivity index (χ1n) is 7.57. The molecule has 2 aliphatic heterocycles. The quantitative estimate of drug-likeness (QED) is 0.834. The van der Waals surface area contributed by atoms with E-state index < -0.39 is 5.92 Å². The third-order valence-corrected chi connectivity index (χ3v) is 4.76. The molecule has 132 valence electrons. The Morgan fingerprint density at radius 1 is 1.12 bits per heavy atom. The van der Waals surface area contributed by atoms with Crippen LogP contribution in [0.4, 0.5) is 0 Å². The van der Waals surface area contributed by atoms with Crippen LogP contribution in [-0.2, 0) is 0 Å². The SMILES string of the molecule is COc1c(Cl)cc(Cl)cc1[C@H]1C(C#N)=C(N)Oc2cc3c(cc21)OCO3. The van der Waals surface area contributed by atoms with Crippen LogP contribution in [0.2, 0.25) is 10.0 Å². The first-order chi connectivity index (χ1) is 12.5. The molecular weight excluding hydrogens is 379 g/mol. The first-order valence-corrected chi connectivity index (χ1v) is 8.33. The average molecular weight is 391 g/mol. The topological polar surface area (TPSA) is 86.7 Å². The molecule has 0 saturated heterocycles. The molecule has 0 radical (unpaired) electrons. The van der Waals surface area contributed by atoms with Gasteiger partial charge < -0.3 is 24.7 Å². The van der Waals surface area contributed by atoms with Gasteiger partial charge in [-0.15, -0.1) is 0 Å². The van der Waals surface area contributed by atoms with Gasteiger partial charge in [0.05, 0.1) is 18.1 Å². The van der Waals surface area contributed by atoms with Crippen LogP contribution in [0.25, 0.3) is 0 Å². The zero-order valence-electron chi connectivity index (χ0n) is 13.5. The molecule has 0 bridgehead atoms. The number of hydrogen-bond donors (Lipinski definition) is 1. The Balaban J connectivity index is 2.00. The maximum Gasteiger partial charge on any atom is 0.231 e. The summed E-state index contributed by atoms with van der Waals surface area (Å²) in [6.07, 6.45) is 0. The monoisotopic (exact) mass is 390 g/mol. The third kappa shape index (κ3) is 2.48. The van der Waals surface area contributed by atoms with Gasteiger partial charge in [-0.1, -0.05) is 23.2 Å². The van der Waals surface area contributed by atoms with Crippen LogP contribution < -0.4 is 24.7 Å². The highest BCUT2D eigenvalue weighted by Crippen LogP contribution is 2.50. The number of rotatable bonds is 2. The molecule has 1 atom stereocenters. The zero-order valence-corrected chi connectivity index (χ0v) is 15.0. The number of ether oxygens (including phenoxy) is 4. The number of nitrogens with zero attached hydrogens (tertiary/aromatic N) is 1. The minimum Gasteiger partial charge on any atom is -0.495 e. The normalized spacial score (nSPS) is 17.4. The molecule has 8 heteroatoms. The van der Waals surface area contributed by atoms with Crippen LogP contribution in [0.15, 0.2) is 35.7 Å². The van der Waals surface area contributed by atoms with E-state index in [0.29, 0.717) is 44.2 Å². The summed E-state index contributed by atoms with van der Waals surface area (Å²) in [5, 5.41) is 10.4. The van der Waals surface area contributed by atoms with Crippen molar-refractivity contribution >= 4 is 23.2 Å². The number of methoxy groups -OCH3 is 1. The lowest BCUT2D eigenvalue weighted by atomic mass is 9.83. The van der Waals surface area contributed by atoms with Crippen LogP contribution >= 0.6 is 23.2 Å². The average Bonchev–Trinajstić information content (AvgIpc) is 3.05. The molecule has 2 heterocycles. The Kier molecular flexibility index (Phi) is 3.98. The number of nitriles is 1. The molecule has 0 aliphatic carbocycles. The van der Waals surface area contributed by atoms with Gasteiger partial charge in [0, 0.05) is 22.2 Å². The molecule has 0 saturated carbocycles. The van der Waals surface area contributed by atoms with E-state index in [1.807, 2.05) is 0 Å². The number of nitrogens with two attached hydrogens (primary N) is 1. The Labute approximate surface area is 159 Å². The van der Waals surface area contributed by atoms with Gasteiger partial charge in [-0.25, -0.2) is 0 Å². The molecular formula is C18H12Cl2N2O4. The summed E-state index contributed by atoms with van der Waals surface area (Å²) >= 11 is 12.5. The second-order valence-corrected chi connectivity index (χ2v) is 6.52. The molecule has 2 aliphatic rings. The summed E-state index contributed by atoms with van der Waals surface area (Å²) in [5.41, 5.74) is 7.51. The van der Waals surface area contributed by atoms with Crippen LogP contribution in [0.3, 0.4) is 0 Å². The lowest BCUT2D eigenvalue weighted by Gasteiger charge is -2.28. The zero-order chi connectivity index (χ0) is 18.4. The van der Waals surface area contributed by atoms with E-state index in [1.165, 1.54) is 7.11 Å². The highest BCUT2D eigenvalue weighted by Gasteiger charge is 2.35. The molecule has 2 aromatic rings. The van der Waals surface area contributed by atoms with Crippen molar-refractivity contribution in [2.24, 2.45) is 5.73 Å². The fourth-order valence-corrected chi connectivity index (χ4v) is 3.76. The molecule has 0 unspecified atom stereocenters. The maximum absolute atomic E-state index is 9.68.